The number of nitrogens with zero attached hydrogens (tertiary/aromatic N) is 1. The lowest BCUT2D eigenvalue weighted by Crippen LogP contribution is -2.32. The molecule has 0 rings (SSSR count). The van der Waals surface area contributed by atoms with Gasteiger partial charge in [-0.05, 0) is 39.3 Å². The van der Waals surface area contributed by atoms with Crippen molar-refractivity contribution in [2.24, 2.45) is 0 Å². The zero-order valence-corrected chi connectivity index (χ0v) is 11.3. The maximum absolute atomic E-state index is 11.5. The zero-order chi connectivity index (χ0) is 13.6. The van der Waals surface area contributed by atoms with Gasteiger partial charge in [-0.15, -0.1) is 0 Å². The Kier molecular flexibility index (Phi) is 6.18. The van der Waals surface area contributed by atoms with E-state index in [-0.39, 0.29) is 18.2 Å². The molecule has 0 aromatic carbocycles. The highest BCUT2D eigenvalue weighted by atomic mass is 16.2. The van der Waals surface area contributed by atoms with Crippen LogP contribution < -0.4 is 0 Å². The fraction of sp³-hybridized carbons (Fsp3) is 0.429. The number of carbonyl (C=O) groups excluding carboxylic acids is 2. The number of ketones is 1. The normalized spacial score (nSPS) is 11.4. The van der Waals surface area contributed by atoms with E-state index in [1.165, 1.54) is 18.7 Å². The first kappa shape index (κ1) is 15.4. The first-order valence-electron chi connectivity index (χ1n) is 5.55. The SMILES string of the molecule is C=C/C(=C(/C)C=C(C)C)N(CC(C)=O)C(C)=O. The number of hydrogen-bond donors (Lipinski definition) is 0. The number of Topliss-reactive ketones (excluding diaryl/α,β-unsaturated/α-hetero) is 1. The minimum atomic E-state index is -0.156. The van der Waals surface area contributed by atoms with Gasteiger partial charge in [0.1, 0.15) is 5.78 Å². The highest BCUT2D eigenvalue weighted by Crippen LogP contribution is 2.14. The van der Waals surface area contributed by atoms with Gasteiger partial charge in [-0.1, -0.05) is 18.2 Å². The number of hydrogen-bond acceptors (Lipinski definition) is 2. The molecule has 0 heterocycles. The monoisotopic (exact) mass is 235 g/mol. The van der Waals surface area contributed by atoms with Crippen LogP contribution in [0, 0.1) is 0 Å². The Morgan fingerprint density at radius 3 is 1.94 bits per heavy atom. The van der Waals surface area contributed by atoms with Crippen LogP contribution >= 0.6 is 0 Å². The molecular weight excluding hydrogens is 214 g/mol. The molecule has 0 N–H and O–H groups in total. The second kappa shape index (κ2) is 6.84. The Bertz CT molecular complexity index is 385. The van der Waals surface area contributed by atoms with Crippen LogP contribution in [0.3, 0.4) is 0 Å². The molecule has 0 unspecified atom stereocenters. The fourth-order valence-electron chi connectivity index (χ4n) is 1.58. The van der Waals surface area contributed by atoms with Gasteiger partial charge in [-0.3, -0.25) is 9.59 Å². The van der Waals surface area contributed by atoms with Crippen LogP contribution in [-0.4, -0.2) is 23.1 Å². The summed E-state index contributed by atoms with van der Waals surface area (Å²) in [5.74, 6) is -0.207. The molecule has 0 saturated heterocycles. The minimum absolute atomic E-state index is 0.0513. The van der Waals surface area contributed by atoms with Crippen molar-refractivity contribution in [2.75, 3.05) is 6.54 Å². The Morgan fingerprint density at radius 1 is 1.12 bits per heavy atom. The van der Waals surface area contributed by atoms with E-state index in [9.17, 15) is 9.59 Å². The van der Waals surface area contributed by atoms with Crippen molar-refractivity contribution >= 4 is 11.7 Å². The van der Waals surface area contributed by atoms with Gasteiger partial charge in [0.05, 0.1) is 6.54 Å². The van der Waals surface area contributed by atoms with Crippen LogP contribution in [0.25, 0.3) is 0 Å². The lowest BCUT2D eigenvalue weighted by molar-refractivity contribution is -0.130. The molecule has 0 atom stereocenters. The Morgan fingerprint density at radius 2 is 1.65 bits per heavy atom. The largest absolute Gasteiger partial charge is 0.305 e. The van der Waals surface area contributed by atoms with Crippen molar-refractivity contribution < 1.29 is 9.59 Å². The summed E-state index contributed by atoms with van der Waals surface area (Å²) in [7, 11) is 0. The minimum Gasteiger partial charge on any atom is -0.305 e. The molecule has 0 aromatic rings. The maximum Gasteiger partial charge on any atom is 0.224 e. The Labute approximate surface area is 103 Å². The van der Waals surface area contributed by atoms with Gasteiger partial charge in [-0.2, -0.15) is 0 Å². The second-order valence-corrected chi connectivity index (χ2v) is 4.30. The number of allylic oxidation sites excluding steroid dienone is 4. The molecule has 0 aliphatic rings. The smallest absolute Gasteiger partial charge is 0.224 e. The summed E-state index contributed by atoms with van der Waals surface area (Å²) in [5.41, 5.74) is 2.75. The van der Waals surface area contributed by atoms with Crippen molar-refractivity contribution in [2.45, 2.75) is 34.6 Å². The summed E-state index contributed by atoms with van der Waals surface area (Å²) in [6.07, 6.45) is 3.58. The van der Waals surface area contributed by atoms with Crippen LogP contribution in [0.2, 0.25) is 0 Å². The second-order valence-electron chi connectivity index (χ2n) is 4.30. The zero-order valence-electron chi connectivity index (χ0n) is 11.3. The molecule has 3 heteroatoms. The molecule has 0 radical (unpaired) electrons. The quantitative estimate of drug-likeness (QED) is 0.687. The molecule has 0 aromatic heterocycles. The first-order valence-corrected chi connectivity index (χ1v) is 5.55. The van der Waals surface area contributed by atoms with Crippen molar-refractivity contribution in [3.63, 3.8) is 0 Å². The summed E-state index contributed by atoms with van der Waals surface area (Å²) in [6, 6.07) is 0. The summed E-state index contributed by atoms with van der Waals surface area (Å²) >= 11 is 0. The summed E-state index contributed by atoms with van der Waals surface area (Å²) in [6.45, 7) is 12.6. The Balaban J connectivity index is 5.44. The predicted molar refractivity (Wildman–Crippen MR) is 70.4 cm³/mol. The van der Waals surface area contributed by atoms with Crippen LogP contribution in [0.15, 0.2) is 35.6 Å². The third-order valence-electron chi connectivity index (χ3n) is 2.15. The van der Waals surface area contributed by atoms with E-state index in [1.807, 2.05) is 26.8 Å². The van der Waals surface area contributed by atoms with E-state index in [4.69, 9.17) is 0 Å². The molecule has 0 aliphatic heterocycles. The van der Waals surface area contributed by atoms with Crippen LogP contribution in [0.4, 0.5) is 0 Å². The van der Waals surface area contributed by atoms with Crippen LogP contribution in [0.1, 0.15) is 34.6 Å². The van der Waals surface area contributed by atoms with Gasteiger partial charge >= 0.3 is 0 Å². The predicted octanol–water partition coefficient (Wildman–Crippen LogP) is 2.85. The van der Waals surface area contributed by atoms with Gasteiger partial charge in [0.25, 0.3) is 0 Å². The van der Waals surface area contributed by atoms with Crippen molar-refractivity contribution in [1.29, 1.82) is 0 Å². The number of carbonyl (C=O) groups is 2. The van der Waals surface area contributed by atoms with Crippen molar-refractivity contribution in [1.82, 2.24) is 4.90 Å². The molecule has 0 aliphatic carbocycles. The average Bonchev–Trinajstić information content (AvgIpc) is 2.15. The molecule has 1 amide bonds. The van der Waals surface area contributed by atoms with Gasteiger partial charge < -0.3 is 4.90 Å². The maximum atomic E-state index is 11.5. The van der Waals surface area contributed by atoms with Crippen molar-refractivity contribution in [3.05, 3.63) is 35.6 Å². The molecular formula is C14H21NO2. The van der Waals surface area contributed by atoms with Gasteiger partial charge in [0.2, 0.25) is 5.91 Å². The van der Waals surface area contributed by atoms with Gasteiger partial charge in [0, 0.05) is 12.6 Å². The van der Waals surface area contributed by atoms with Crippen LogP contribution in [0.5, 0.6) is 0 Å². The van der Waals surface area contributed by atoms with E-state index < -0.39 is 0 Å². The Hall–Kier alpha value is -1.64. The first-order chi connectivity index (χ1) is 7.79. The van der Waals surface area contributed by atoms with E-state index in [0.29, 0.717) is 5.70 Å². The van der Waals surface area contributed by atoms with Gasteiger partial charge in [-0.25, -0.2) is 0 Å². The topological polar surface area (TPSA) is 37.4 Å². The number of rotatable bonds is 5. The van der Waals surface area contributed by atoms with Crippen molar-refractivity contribution in [3.8, 4) is 0 Å². The molecule has 0 spiro atoms. The van der Waals surface area contributed by atoms with E-state index >= 15 is 0 Å². The highest BCUT2D eigenvalue weighted by Gasteiger charge is 2.15. The van der Waals surface area contributed by atoms with E-state index in [0.717, 1.165) is 11.1 Å². The molecule has 17 heavy (non-hydrogen) atoms. The summed E-state index contributed by atoms with van der Waals surface area (Å²) in [4.78, 5) is 24.1. The molecule has 94 valence electrons. The lowest BCUT2D eigenvalue weighted by Gasteiger charge is -2.22. The standard InChI is InChI=1S/C14H21NO2/c1-7-14(11(4)8-10(2)3)15(13(6)17)9-12(5)16/h7-8H,1,9H2,2-6H3/b14-11+. The third-order valence-corrected chi connectivity index (χ3v) is 2.15. The number of amides is 1. The van der Waals surface area contributed by atoms with E-state index in [2.05, 4.69) is 6.58 Å². The molecule has 0 bridgehead atoms. The fourth-order valence-corrected chi connectivity index (χ4v) is 1.58. The van der Waals surface area contributed by atoms with E-state index in [1.54, 1.807) is 6.08 Å². The molecule has 0 saturated carbocycles. The lowest BCUT2D eigenvalue weighted by atomic mass is 10.1. The summed E-state index contributed by atoms with van der Waals surface area (Å²) < 4.78 is 0. The third kappa shape index (κ3) is 5.29. The highest BCUT2D eigenvalue weighted by molar-refractivity contribution is 5.85. The molecule has 0 fully saturated rings. The molecule has 3 nitrogen and oxygen atoms in total. The summed E-state index contributed by atoms with van der Waals surface area (Å²) in [5, 5.41) is 0. The van der Waals surface area contributed by atoms with Crippen LogP contribution in [-0.2, 0) is 9.59 Å². The average molecular weight is 235 g/mol. The van der Waals surface area contributed by atoms with Gasteiger partial charge in [0.15, 0.2) is 0 Å².